The summed E-state index contributed by atoms with van der Waals surface area (Å²) in [4.78, 5) is 8.39. The van der Waals surface area contributed by atoms with E-state index in [9.17, 15) is 0 Å². The zero-order valence-electron chi connectivity index (χ0n) is 10.4. The van der Waals surface area contributed by atoms with E-state index in [1.807, 2.05) is 49.4 Å². The molecule has 0 bridgehead atoms. The Morgan fingerprint density at radius 3 is 2.22 bits per heavy atom. The largest absolute Gasteiger partial charge is 0.399 e. The van der Waals surface area contributed by atoms with Gasteiger partial charge in [-0.3, -0.25) is 0 Å². The van der Waals surface area contributed by atoms with Gasteiger partial charge < -0.3 is 4.84 Å². The molecule has 94 valence electrons. The zero-order chi connectivity index (χ0) is 13.2. The molecule has 0 unspecified atom stereocenters. The van der Waals surface area contributed by atoms with Crippen molar-refractivity contribution in [2.45, 2.75) is 6.92 Å². The summed E-state index contributed by atoms with van der Waals surface area (Å²) in [6.07, 6.45) is 1.66. The molecule has 0 fully saturated rings. The first-order valence-electron chi connectivity index (χ1n) is 5.43. The Kier molecular flexibility index (Phi) is 6.51. The van der Waals surface area contributed by atoms with Crippen LogP contribution in [0.5, 0.6) is 0 Å². The van der Waals surface area contributed by atoms with Crippen molar-refractivity contribution >= 4 is 17.3 Å². The molecule has 2 rings (SSSR count). The van der Waals surface area contributed by atoms with Crippen molar-refractivity contribution in [1.82, 2.24) is 4.98 Å². The Hall–Kier alpha value is -1.87. The Morgan fingerprint density at radius 2 is 1.78 bits per heavy atom. The Labute approximate surface area is 112 Å². The van der Waals surface area contributed by atoms with Crippen molar-refractivity contribution < 1.29 is 4.84 Å². The van der Waals surface area contributed by atoms with Gasteiger partial charge in [0.15, 0.2) is 0 Å². The van der Waals surface area contributed by atoms with Crippen LogP contribution in [0.3, 0.4) is 0 Å². The van der Waals surface area contributed by atoms with Crippen molar-refractivity contribution in [3.05, 3.63) is 65.4 Å². The van der Waals surface area contributed by atoms with E-state index in [1.54, 1.807) is 19.4 Å². The van der Waals surface area contributed by atoms with E-state index in [1.165, 1.54) is 0 Å². The highest BCUT2D eigenvalue weighted by molar-refractivity contribution is 6.29. The van der Waals surface area contributed by atoms with E-state index < -0.39 is 0 Å². The lowest BCUT2D eigenvalue weighted by molar-refractivity contribution is 0.213. The van der Waals surface area contributed by atoms with Crippen LogP contribution in [-0.2, 0) is 4.84 Å². The molecule has 2 aromatic rings. The molecule has 3 nitrogen and oxygen atoms in total. The van der Waals surface area contributed by atoms with E-state index in [-0.39, 0.29) is 0 Å². The van der Waals surface area contributed by atoms with Gasteiger partial charge in [-0.25, -0.2) is 4.98 Å². The summed E-state index contributed by atoms with van der Waals surface area (Å²) in [6, 6.07) is 15.3. The Morgan fingerprint density at radius 1 is 1.11 bits per heavy atom. The molecular formula is C14H15ClN2O. The molecule has 0 aliphatic heterocycles. The predicted octanol–water partition coefficient (Wildman–Crippen LogP) is 3.79. The lowest BCUT2D eigenvalue weighted by Crippen LogP contribution is -1.93. The summed E-state index contributed by atoms with van der Waals surface area (Å²) in [5, 5.41) is 4.36. The van der Waals surface area contributed by atoms with Gasteiger partial charge in [-0.2, -0.15) is 0 Å². The van der Waals surface area contributed by atoms with Gasteiger partial charge in [0.05, 0.1) is 5.71 Å². The van der Waals surface area contributed by atoms with Gasteiger partial charge in [0.1, 0.15) is 12.3 Å². The second-order valence-electron chi connectivity index (χ2n) is 3.38. The molecule has 1 aromatic heterocycles. The highest BCUT2D eigenvalue weighted by Crippen LogP contribution is 2.00. The second-order valence-corrected chi connectivity index (χ2v) is 3.77. The number of nitrogens with zero attached hydrogens (tertiary/aromatic N) is 2. The Bertz CT molecular complexity index is 472. The van der Waals surface area contributed by atoms with E-state index in [2.05, 4.69) is 15.0 Å². The standard InChI is InChI=1S/C9H11NO.C5H4ClN/c1-8(10-11-2)9-6-4-3-5-7-9;6-5-3-1-2-4-7-5/h3-7H,1-2H3;1-4H/b10-8+;. The van der Waals surface area contributed by atoms with E-state index in [0.29, 0.717) is 5.15 Å². The van der Waals surface area contributed by atoms with Crippen LogP contribution in [-0.4, -0.2) is 17.8 Å². The molecule has 4 heteroatoms. The number of benzene rings is 1. The number of hydrogen-bond acceptors (Lipinski definition) is 3. The normalized spacial score (nSPS) is 10.3. The molecule has 0 spiro atoms. The molecule has 0 amide bonds. The van der Waals surface area contributed by atoms with Gasteiger partial charge in [-0.05, 0) is 24.6 Å². The topological polar surface area (TPSA) is 34.5 Å². The van der Waals surface area contributed by atoms with Crippen LogP contribution in [0.4, 0.5) is 0 Å². The minimum atomic E-state index is 0.544. The van der Waals surface area contributed by atoms with Gasteiger partial charge >= 0.3 is 0 Å². The first-order valence-corrected chi connectivity index (χ1v) is 5.81. The van der Waals surface area contributed by atoms with Gasteiger partial charge in [0, 0.05) is 6.20 Å². The molecule has 0 radical (unpaired) electrons. The SMILES string of the molecule is CO/N=C(\C)c1ccccc1.Clc1ccccn1. The van der Waals surface area contributed by atoms with Gasteiger partial charge in [0.2, 0.25) is 0 Å². The molecular weight excluding hydrogens is 248 g/mol. The summed E-state index contributed by atoms with van der Waals surface area (Å²) in [5.74, 6) is 0. The fraction of sp³-hybridized carbons (Fsp3) is 0.143. The first kappa shape index (κ1) is 14.2. The van der Waals surface area contributed by atoms with Crippen LogP contribution in [0.2, 0.25) is 5.15 Å². The maximum atomic E-state index is 5.43. The number of pyridine rings is 1. The highest BCUT2D eigenvalue weighted by atomic mass is 35.5. The van der Waals surface area contributed by atoms with Crippen LogP contribution < -0.4 is 0 Å². The minimum Gasteiger partial charge on any atom is -0.399 e. The van der Waals surface area contributed by atoms with Crippen molar-refractivity contribution in [1.29, 1.82) is 0 Å². The number of hydrogen-bond donors (Lipinski definition) is 0. The van der Waals surface area contributed by atoms with Crippen LogP contribution in [0.25, 0.3) is 0 Å². The average molecular weight is 263 g/mol. The number of halogens is 1. The van der Waals surface area contributed by atoms with Crippen molar-refractivity contribution in [3.8, 4) is 0 Å². The zero-order valence-corrected chi connectivity index (χ0v) is 11.1. The molecule has 18 heavy (non-hydrogen) atoms. The predicted molar refractivity (Wildman–Crippen MR) is 74.9 cm³/mol. The van der Waals surface area contributed by atoms with Crippen LogP contribution in [0, 0.1) is 0 Å². The maximum absolute atomic E-state index is 5.43. The van der Waals surface area contributed by atoms with Crippen molar-refractivity contribution in [2.24, 2.45) is 5.16 Å². The number of aromatic nitrogens is 1. The van der Waals surface area contributed by atoms with E-state index in [0.717, 1.165) is 11.3 Å². The fourth-order valence-electron chi connectivity index (χ4n) is 1.21. The smallest absolute Gasteiger partial charge is 0.129 e. The summed E-state index contributed by atoms with van der Waals surface area (Å²) in [7, 11) is 1.55. The molecule has 0 aliphatic carbocycles. The van der Waals surface area contributed by atoms with Crippen molar-refractivity contribution in [3.63, 3.8) is 0 Å². The highest BCUT2D eigenvalue weighted by Gasteiger charge is 1.93. The molecule has 1 aromatic carbocycles. The number of rotatable bonds is 2. The van der Waals surface area contributed by atoms with E-state index in [4.69, 9.17) is 11.6 Å². The molecule has 0 atom stereocenters. The number of oxime groups is 1. The molecule has 0 aliphatic rings. The van der Waals surface area contributed by atoms with E-state index >= 15 is 0 Å². The summed E-state index contributed by atoms with van der Waals surface area (Å²) in [6.45, 7) is 1.92. The lowest BCUT2D eigenvalue weighted by atomic mass is 10.1. The third kappa shape index (κ3) is 5.46. The molecule has 0 N–H and O–H groups in total. The molecule has 1 heterocycles. The quantitative estimate of drug-likeness (QED) is 0.469. The van der Waals surface area contributed by atoms with Crippen LogP contribution in [0.15, 0.2) is 59.9 Å². The average Bonchev–Trinajstić information content (AvgIpc) is 2.42. The molecule has 0 saturated carbocycles. The molecule has 0 saturated heterocycles. The van der Waals surface area contributed by atoms with Gasteiger partial charge in [-0.1, -0.05) is 53.2 Å². The second kappa shape index (κ2) is 8.25. The maximum Gasteiger partial charge on any atom is 0.129 e. The third-order valence-electron chi connectivity index (χ3n) is 2.05. The first-order chi connectivity index (χ1) is 8.74. The monoisotopic (exact) mass is 262 g/mol. The van der Waals surface area contributed by atoms with Crippen LogP contribution in [0.1, 0.15) is 12.5 Å². The van der Waals surface area contributed by atoms with Crippen LogP contribution >= 0.6 is 11.6 Å². The van der Waals surface area contributed by atoms with Gasteiger partial charge in [0.25, 0.3) is 0 Å². The third-order valence-corrected chi connectivity index (χ3v) is 2.27. The summed E-state index contributed by atoms with van der Waals surface area (Å²) >= 11 is 5.43. The minimum absolute atomic E-state index is 0.544. The lowest BCUT2D eigenvalue weighted by Gasteiger charge is -1.97. The summed E-state index contributed by atoms with van der Waals surface area (Å²) < 4.78 is 0. The Balaban J connectivity index is 0.000000199. The van der Waals surface area contributed by atoms with Crippen molar-refractivity contribution in [2.75, 3.05) is 7.11 Å². The van der Waals surface area contributed by atoms with Gasteiger partial charge in [-0.15, -0.1) is 0 Å². The fourth-order valence-corrected chi connectivity index (χ4v) is 1.34. The summed E-state index contributed by atoms with van der Waals surface area (Å²) in [5.41, 5.74) is 1.99.